The summed E-state index contributed by atoms with van der Waals surface area (Å²) in [4.78, 5) is 25.1. The van der Waals surface area contributed by atoms with Gasteiger partial charge in [0.05, 0.1) is 19.3 Å². The second kappa shape index (κ2) is 7.73. The van der Waals surface area contributed by atoms with Crippen LogP contribution in [0.4, 0.5) is 11.4 Å². The zero-order chi connectivity index (χ0) is 14.5. The van der Waals surface area contributed by atoms with Gasteiger partial charge in [-0.1, -0.05) is 0 Å². The summed E-state index contributed by atoms with van der Waals surface area (Å²) in [6.07, 6.45) is 2.39. The first-order valence-electron chi connectivity index (χ1n) is 6.61. The standard InChI is InChI=1S/C14H19N3O3.ClH/c1-20-12-6-5-10(8-11(12)15)16-13(18)9-17-7-3-2-4-14(17)19;/h5-6,8H,2-4,7,9,15H2,1H3,(H,16,18);1H. The Hall–Kier alpha value is -1.95. The van der Waals surface area contributed by atoms with Crippen LogP contribution >= 0.6 is 12.4 Å². The maximum Gasteiger partial charge on any atom is 0.243 e. The number of nitrogens with zero attached hydrogens (tertiary/aromatic N) is 1. The second-order valence-electron chi connectivity index (χ2n) is 4.78. The van der Waals surface area contributed by atoms with Crippen LogP contribution in [0.15, 0.2) is 18.2 Å². The largest absolute Gasteiger partial charge is 0.495 e. The van der Waals surface area contributed by atoms with Crippen molar-refractivity contribution in [2.75, 3.05) is 31.2 Å². The minimum Gasteiger partial charge on any atom is -0.495 e. The average molecular weight is 314 g/mol. The van der Waals surface area contributed by atoms with E-state index in [-0.39, 0.29) is 30.8 Å². The first-order chi connectivity index (χ1) is 9.60. The normalized spacial score (nSPS) is 14.3. The number of ether oxygens (including phenoxy) is 1. The number of nitrogen functional groups attached to an aromatic ring is 1. The number of likely N-dealkylation sites (tertiary alicyclic amines) is 1. The van der Waals surface area contributed by atoms with Crippen LogP contribution in [-0.4, -0.2) is 36.9 Å². The van der Waals surface area contributed by atoms with Crippen LogP contribution in [0.25, 0.3) is 0 Å². The molecule has 0 radical (unpaired) electrons. The summed E-state index contributed by atoms with van der Waals surface area (Å²) in [5.74, 6) is 0.389. The average Bonchev–Trinajstić information content (AvgIpc) is 2.41. The van der Waals surface area contributed by atoms with Crippen LogP contribution in [0.2, 0.25) is 0 Å². The minimum atomic E-state index is -0.218. The Bertz CT molecular complexity index is 522. The summed E-state index contributed by atoms with van der Waals surface area (Å²) < 4.78 is 5.05. The van der Waals surface area contributed by atoms with Crippen LogP contribution in [0.3, 0.4) is 0 Å². The molecule has 116 valence electrons. The van der Waals surface area contributed by atoms with Gasteiger partial charge in [-0.25, -0.2) is 0 Å². The van der Waals surface area contributed by atoms with Crippen molar-refractivity contribution < 1.29 is 14.3 Å². The molecule has 7 heteroatoms. The number of anilines is 2. The third-order valence-electron chi connectivity index (χ3n) is 3.27. The van der Waals surface area contributed by atoms with Crippen molar-refractivity contribution in [3.05, 3.63) is 18.2 Å². The van der Waals surface area contributed by atoms with E-state index in [2.05, 4.69) is 5.32 Å². The molecule has 1 aliphatic heterocycles. The van der Waals surface area contributed by atoms with Gasteiger partial charge in [0, 0.05) is 18.7 Å². The number of carbonyl (C=O) groups is 2. The fourth-order valence-electron chi connectivity index (χ4n) is 2.21. The van der Waals surface area contributed by atoms with Crippen LogP contribution in [-0.2, 0) is 9.59 Å². The molecule has 0 saturated carbocycles. The maximum absolute atomic E-state index is 11.9. The summed E-state index contributed by atoms with van der Waals surface area (Å²) in [6.45, 7) is 0.738. The summed E-state index contributed by atoms with van der Waals surface area (Å²) in [6, 6.07) is 5.04. The van der Waals surface area contributed by atoms with Crippen LogP contribution in [0, 0.1) is 0 Å². The Balaban J connectivity index is 0.00000220. The number of methoxy groups -OCH3 is 1. The smallest absolute Gasteiger partial charge is 0.243 e. The van der Waals surface area contributed by atoms with Crippen molar-refractivity contribution in [1.29, 1.82) is 0 Å². The molecule has 1 aliphatic rings. The predicted molar refractivity (Wildman–Crippen MR) is 83.7 cm³/mol. The molecule has 1 saturated heterocycles. The lowest BCUT2D eigenvalue weighted by Gasteiger charge is -2.26. The lowest BCUT2D eigenvalue weighted by molar-refractivity contribution is -0.136. The zero-order valence-electron chi connectivity index (χ0n) is 11.9. The maximum atomic E-state index is 11.9. The lowest BCUT2D eigenvalue weighted by Crippen LogP contribution is -2.40. The summed E-state index contributed by atoms with van der Waals surface area (Å²) in [7, 11) is 1.53. The van der Waals surface area contributed by atoms with E-state index in [1.165, 1.54) is 7.11 Å². The number of hydrogen-bond donors (Lipinski definition) is 2. The molecule has 1 fully saturated rings. The molecule has 3 N–H and O–H groups in total. The number of carbonyl (C=O) groups excluding carboxylic acids is 2. The molecule has 0 aliphatic carbocycles. The van der Waals surface area contributed by atoms with E-state index in [1.54, 1.807) is 23.1 Å². The second-order valence-corrected chi connectivity index (χ2v) is 4.78. The lowest BCUT2D eigenvalue weighted by atomic mass is 10.1. The van der Waals surface area contributed by atoms with E-state index in [4.69, 9.17) is 10.5 Å². The van der Waals surface area contributed by atoms with Crippen LogP contribution in [0.5, 0.6) is 5.75 Å². The zero-order valence-corrected chi connectivity index (χ0v) is 12.7. The molecule has 6 nitrogen and oxygen atoms in total. The van der Waals surface area contributed by atoms with E-state index in [0.29, 0.717) is 30.1 Å². The Morgan fingerprint density at radius 1 is 1.43 bits per heavy atom. The van der Waals surface area contributed by atoms with Crippen molar-refractivity contribution in [3.63, 3.8) is 0 Å². The van der Waals surface area contributed by atoms with E-state index >= 15 is 0 Å². The van der Waals surface area contributed by atoms with Crippen LogP contribution in [0.1, 0.15) is 19.3 Å². The number of benzene rings is 1. The van der Waals surface area contributed by atoms with Crippen molar-refractivity contribution in [2.45, 2.75) is 19.3 Å². The van der Waals surface area contributed by atoms with Gasteiger partial charge < -0.3 is 20.7 Å². The highest BCUT2D eigenvalue weighted by atomic mass is 35.5. The van der Waals surface area contributed by atoms with Gasteiger partial charge in [-0.05, 0) is 31.0 Å². The number of nitrogens with two attached hydrogens (primary N) is 1. The molecule has 0 bridgehead atoms. The molecular formula is C14H20ClN3O3. The molecule has 21 heavy (non-hydrogen) atoms. The van der Waals surface area contributed by atoms with Gasteiger partial charge in [0.2, 0.25) is 11.8 Å². The number of hydrogen-bond acceptors (Lipinski definition) is 4. The first-order valence-corrected chi connectivity index (χ1v) is 6.61. The van der Waals surface area contributed by atoms with Gasteiger partial charge in [-0.2, -0.15) is 0 Å². The van der Waals surface area contributed by atoms with E-state index in [9.17, 15) is 9.59 Å². The third-order valence-corrected chi connectivity index (χ3v) is 3.27. The van der Waals surface area contributed by atoms with Gasteiger partial charge in [0.1, 0.15) is 5.75 Å². The quantitative estimate of drug-likeness (QED) is 0.828. The van der Waals surface area contributed by atoms with E-state index in [1.807, 2.05) is 0 Å². The summed E-state index contributed by atoms with van der Waals surface area (Å²) in [5, 5.41) is 2.73. The Morgan fingerprint density at radius 2 is 2.19 bits per heavy atom. The van der Waals surface area contributed by atoms with Gasteiger partial charge >= 0.3 is 0 Å². The molecule has 1 heterocycles. The number of amides is 2. The van der Waals surface area contributed by atoms with Gasteiger partial charge in [0.25, 0.3) is 0 Å². The third kappa shape index (κ3) is 4.53. The number of rotatable bonds is 4. The topological polar surface area (TPSA) is 84.7 Å². The minimum absolute atomic E-state index is 0. The molecule has 2 amide bonds. The van der Waals surface area contributed by atoms with Gasteiger partial charge in [0.15, 0.2) is 0 Å². The number of nitrogens with one attached hydrogen (secondary N) is 1. The highest BCUT2D eigenvalue weighted by Crippen LogP contribution is 2.24. The van der Waals surface area contributed by atoms with Gasteiger partial charge in [-0.3, -0.25) is 9.59 Å². The predicted octanol–water partition coefficient (Wildman–Crippen LogP) is 1.65. The Morgan fingerprint density at radius 3 is 2.81 bits per heavy atom. The fraction of sp³-hybridized carbons (Fsp3) is 0.429. The number of piperidine rings is 1. The van der Waals surface area contributed by atoms with E-state index in [0.717, 1.165) is 12.8 Å². The molecule has 0 spiro atoms. The van der Waals surface area contributed by atoms with Crippen molar-refractivity contribution >= 4 is 35.6 Å². The number of halogens is 1. The molecule has 0 aromatic heterocycles. The molecule has 0 atom stereocenters. The SMILES string of the molecule is COc1ccc(NC(=O)CN2CCCCC2=O)cc1N.Cl. The monoisotopic (exact) mass is 313 g/mol. The molecule has 1 aromatic rings. The summed E-state index contributed by atoms with van der Waals surface area (Å²) >= 11 is 0. The Labute approximate surface area is 130 Å². The molecule has 2 rings (SSSR count). The summed E-state index contributed by atoms with van der Waals surface area (Å²) in [5.41, 5.74) is 6.83. The highest BCUT2D eigenvalue weighted by molar-refractivity contribution is 5.95. The van der Waals surface area contributed by atoms with Gasteiger partial charge in [-0.15, -0.1) is 12.4 Å². The molecule has 1 aromatic carbocycles. The highest BCUT2D eigenvalue weighted by Gasteiger charge is 2.20. The van der Waals surface area contributed by atoms with Crippen molar-refractivity contribution in [3.8, 4) is 5.75 Å². The van der Waals surface area contributed by atoms with Crippen LogP contribution < -0.4 is 15.8 Å². The molecular weight excluding hydrogens is 294 g/mol. The first kappa shape index (κ1) is 17.1. The molecule has 0 unspecified atom stereocenters. The van der Waals surface area contributed by atoms with Crippen molar-refractivity contribution in [2.24, 2.45) is 0 Å². The fourth-order valence-corrected chi connectivity index (χ4v) is 2.21. The Kier molecular flexibility index (Phi) is 6.30. The van der Waals surface area contributed by atoms with E-state index < -0.39 is 0 Å². The van der Waals surface area contributed by atoms with Crippen molar-refractivity contribution in [1.82, 2.24) is 4.90 Å².